The Morgan fingerprint density at radius 3 is 2.58 bits per heavy atom. The number of phenols is 1. The predicted octanol–water partition coefficient (Wildman–Crippen LogP) is 1.28. The first-order valence-electron chi connectivity index (χ1n) is 3.66. The van der Waals surface area contributed by atoms with E-state index in [0.717, 1.165) is 5.56 Å². The van der Waals surface area contributed by atoms with Crippen LogP contribution in [0.3, 0.4) is 0 Å². The van der Waals surface area contributed by atoms with E-state index in [1.54, 1.807) is 43.3 Å². The molecule has 0 spiro atoms. The number of hydrogen-bond donors (Lipinski definition) is 2. The zero-order chi connectivity index (χ0) is 9.14. The molecule has 0 fully saturated rings. The minimum absolute atomic E-state index is 0.194. The first-order chi connectivity index (χ1) is 5.61. The van der Waals surface area contributed by atoms with Crippen LogP contribution in [0.4, 0.5) is 0 Å². The van der Waals surface area contributed by atoms with E-state index in [4.69, 9.17) is 10.5 Å². The summed E-state index contributed by atoms with van der Waals surface area (Å²) >= 11 is 0. The van der Waals surface area contributed by atoms with E-state index in [1.165, 1.54) is 0 Å². The fourth-order valence-electron chi connectivity index (χ4n) is 0.911. The van der Waals surface area contributed by atoms with Crippen molar-refractivity contribution in [3.05, 3.63) is 29.8 Å². The van der Waals surface area contributed by atoms with Crippen molar-refractivity contribution in [1.29, 1.82) is 5.41 Å². The first-order valence-corrected chi connectivity index (χ1v) is 3.66. The van der Waals surface area contributed by atoms with Gasteiger partial charge in [0.25, 0.3) is 0 Å². The Kier molecular flexibility index (Phi) is 2.33. The van der Waals surface area contributed by atoms with Crippen molar-refractivity contribution in [1.82, 2.24) is 4.90 Å². The van der Waals surface area contributed by atoms with Gasteiger partial charge in [0.15, 0.2) is 0 Å². The zero-order valence-corrected chi connectivity index (χ0v) is 7.20. The standard InChI is InChI=1S/C9H12N2O/c1-11(2)9(10)7-4-3-5-8(12)6-7/h3-6,10,12H,1-2H3. The van der Waals surface area contributed by atoms with Crippen molar-refractivity contribution >= 4 is 5.84 Å². The van der Waals surface area contributed by atoms with Gasteiger partial charge in [0, 0.05) is 19.7 Å². The lowest BCUT2D eigenvalue weighted by Gasteiger charge is -2.13. The van der Waals surface area contributed by atoms with E-state index >= 15 is 0 Å². The zero-order valence-electron chi connectivity index (χ0n) is 7.20. The molecule has 0 bridgehead atoms. The summed E-state index contributed by atoms with van der Waals surface area (Å²) < 4.78 is 0. The second-order valence-corrected chi connectivity index (χ2v) is 2.79. The van der Waals surface area contributed by atoms with Crippen LogP contribution in [0, 0.1) is 5.41 Å². The second kappa shape index (κ2) is 3.26. The molecule has 0 aliphatic heterocycles. The highest BCUT2D eigenvalue weighted by Crippen LogP contribution is 2.11. The molecule has 0 atom stereocenters. The van der Waals surface area contributed by atoms with Crippen molar-refractivity contribution < 1.29 is 5.11 Å². The molecule has 12 heavy (non-hydrogen) atoms. The number of nitrogens with one attached hydrogen (secondary N) is 1. The third-order valence-electron chi connectivity index (χ3n) is 1.57. The summed E-state index contributed by atoms with van der Waals surface area (Å²) in [7, 11) is 3.60. The number of nitrogens with zero attached hydrogens (tertiary/aromatic N) is 1. The Hall–Kier alpha value is -1.51. The summed E-state index contributed by atoms with van der Waals surface area (Å²) in [4.78, 5) is 1.69. The molecule has 3 heteroatoms. The van der Waals surface area contributed by atoms with Crippen LogP contribution in [0.5, 0.6) is 5.75 Å². The maximum Gasteiger partial charge on any atom is 0.127 e. The highest BCUT2D eigenvalue weighted by atomic mass is 16.3. The Labute approximate surface area is 71.8 Å². The molecule has 0 aliphatic rings. The molecule has 64 valence electrons. The number of benzene rings is 1. The molecule has 1 aromatic carbocycles. The summed E-state index contributed by atoms with van der Waals surface area (Å²) in [5.41, 5.74) is 0.722. The van der Waals surface area contributed by atoms with Crippen LogP contribution in [0.2, 0.25) is 0 Å². The molecule has 1 rings (SSSR count). The van der Waals surface area contributed by atoms with Crippen LogP contribution in [0.15, 0.2) is 24.3 Å². The molecular weight excluding hydrogens is 152 g/mol. The number of aromatic hydroxyl groups is 1. The fourth-order valence-corrected chi connectivity index (χ4v) is 0.911. The summed E-state index contributed by atoms with van der Waals surface area (Å²) in [6, 6.07) is 6.68. The van der Waals surface area contributed by atoms with Gasteiger partial charge in [-0.3, -0.25) is 5.41 Å². The van der Waals surface area contributed by atoms with Crippen LogP contribution < -0.4 is 0 Å². The molecule has 3 nitrogen and oxygen atoms in total. The van der Waals surface area contributed by atoms with Crippen molar-refractivity contribution in [2.24, 2.45) is 0 Å². The Bertz CT molecular complexity index is 294. The average Bonchev–Trinajstić information content (AvgIpc) is 2.03. The van der Waals surface area contributed by atoms with E-state index in [-0.39, 0.29) is 5.75 Å². The van der Waals surface area contributed by atoms with E-state index in [9.17, 15) is 0 Å². The molecule has 0 saturated carbocycles. The summed E-state index contributed by atoms with van der Waals surface area (Å²) in [6.07, 6.45) is 0. The van der Waals surface area contributed by atoms with E-state index in [0.29, 0.717) is 5.84 Å². The number of rotatable bonds is 1. The predicted molar refractivity (Wildman–Crippen MR) is 48.6 cm³/mol. The number of amidine groups is 1. The summed E-state index contributed by atoms with van der Waals surface area (Å²) in [6.45, 7) is 0. The fraction of sp³-hybridized carbons (Fsp3) is 0.222. The monoisotopic (exact) mass is 164 g/mol. The second-order valence-electron chi connectivity index (χ2n) is 2.79. The van der Waals surface area contributed by atoms with Crippen LogP contribution >= 0.6 is 0 Å². The SMILES string of the molecule is CN(C)C(=N)c1cccc(O)c1. The van der Waals surface area contributed by atoms with Crippen LogP contribution in [0.1, 0.15) is 5.56 Å². The molecule has 0 aromatic heterocycles. The van der Waals surface area contributed by atoms with Crippen molar-refractivity contribution in [3.63, 3.8) is 0 Å². The molecule has 0 saturated heterocycles. The first kappa shape index (κ1) is 8.59. The molecule has 0 amide bonds. The Morgan fingerprint density at radius 1 is 1.42 bits per heavy atom. The van der Waals surface area contributed by atoms with E-state index < -0.39 is 0 Å². The molecule has 0 aliphatic carbocycles. The van der Waals surface area contributed by atoms with Gasteiger partial charge < -0.3 is 10.0 Å². The highest BCUT2D eigenvalue weighted by molar-refractivity contribution is 5.96. The van der Waals surface area contributed by atoms with Gasteiger partial charge >= 0.3 is 0 Å². The summed E-state index contributed by atoms with van der Waals surface area (Å²) in [5, 5.41) is 16.7. The molecule has 0 unspecified atom stereocenters. The van der Waals surface area contributed by atoms with Gasteiger partial charge in [-0.25, -0.2) is 0 Å². The third-order valence-corrected chi connectivity index (χ3v) is 1.57. The number of hydrogen-bond acceptors (Lipinski definition) is 2. The number of phenolic OH excluding ortho intramolecular Hbond substituents is 1. The van der Waals surface area contributed by atoms with Gasteiger partial charge in [-0.05, 0) is 12.1 Å². The van der Waals surface area contributed by atoms with Crippen LogP contribution in [-0.4, -0.2) is 29.9 Å². The van der Waals surface area contributed by atoms with Gasteiger partial charge in [0.2, 0.25) is 0 Å². The van der Waals surface area contributed by atoms with Gasteiger partial charge in [-0.1, -0.05) is 12.1 Å². The maximum absolute atomic E-state index is 9.13. The van der Waals surface area contributed by atoms with Gasteiger partial charge in [0.1, 0.15) is 11.6 Å². The normalized spacial score (nSPS) is 9.50. The molecule has 1 aromatic rings. The molecule has 2 N–H and O–H groups in total. The Morgan fingerprint density at radius 2 is 2.08 bits per heavy atom. The van der Waals surface area contributed by atoms with Gasteiger partial charge in [-0.15, -0.1) is 0 Å². The van der Waals surface area contributed by atoms with Crippen LogP contribution in [0.25, 0.3) is 0 Å². The van der Waals surface area contributed by atoms with Crippen molar-refractivity contribution in [3.8, 4) is 5.75 Å². The largest absolute Gasteiger partial charge is 0.508 e. The quantitative estimate of drug-likeness (QED) is 0.485. The minimum atomic E-state index is 0.194. The lowest BCUT2D eigenvalue weighted by atomic mass is 10.2. The van der Waals surface area contributed by atoms with Gasteiger partial charge in [-0.2, -0.15) is 0 Å². The van der Waals surface area contributed by atoms with Crippen molar-refractivity contribution in [2.45, 2.75) is 0 Å². The molecule has 0 radical (unpaired) electrons. The topological polar surface area (TPSA) is 47.3 Å². The van der Waals surface area contributed by atoms with E-state index in [2.05, 4.69) is 0 Å². The highest BCUT2D eigenvalue weighted by Gasteiger charge is 2.02. The maximum atomic E-state index is 9.13. The van der Waals surface area contributed by atoms with Gasteiger partial charge in [0.05, 0.1) is 0 Å². The smallest absolute Gasteiger partial charge is 0.127 e. The van der Waals surface area contributed by atoms with Crippen LogP contribution in [-0.2, 0) is 0 Å². The lowest BCUT2D eigenvalue weighted by Crippen LogP contribution is -2.21. The molecule has 0 heterocycles. The summed E-state index contributed by atoms with van der Waals surface area (Å²) in [5.74, 6) is 0.588. The molecular formula is C9H12N2O. The average molecular weight is 164 g/mol. The van der Waals surface area contributed by atoms with Crippen molar-refractivity contribution in [2.75, 3.05) is 14.1 Å². The lowest BCUT2D eigenvalue weighted by molar-refractivity contribution is 0.475. The third kappa shape index (κ3) is 1.75. The Balaban J connectivity index is 2.96. The minimum Gasteiger partial charge on any atom is -0.508 e. The van der Waals surface area contributed by atoms with E-state index in [1.807, 2.05) is 0 Å².